The quantitative estimate of drug-likeness (QED) is 0.608. The minimum absolute atomic E-state index is 0.0196. The second kappa shape index (κ2) is 6.38. The maximum Gasteiger partial charge on any atom is 0.416 e. The largest absolute Gasteiger partial charge is 0.504 e. The Kier molecular flexibility index (Phi) is 4.37. The first-order chi connectivity index (χ1) is 12.2. The Morgan fingerprint density at radius 3 is 2.62 bits per heavy atom. The topological polar surface area (TPSA) is 86.3 Å². The van der Waals surface area contributed by atoms with Crippen LogP contribution in [0.3, 0.4) is 0 Å². The van der Waals surface area contributed by atoms with E-state index in [1.807, 2.05) is 0 Å². The third kappa shape index (κ3) is 3.36. The average molecular weight is 383 g/mol. The molecule has 1 aromatic heterocycles. The summed E-state index contributed by atoms with van der Waals surface area (Å²) >= 11 is 5.85. The van der Waals surface area contributed by atoms with E-state index in [0.29, 0.717) is 11.5 Å². The van der Waals surface area contributed by atoms with Crippen LogP contribution in [0.5, 0.6) is 5.75 Å². The molecule has 0 fully saturated rings. The van der Waals surface area contributed by atoms with E-state index in [1.165, 1.54) is 18.2 Å². The Morgan fingerprint density at radius 1 is 1.19 bits per heavy atom. The van der Waals surface area contributed by atoms with Crippen molar-refractivity contribution >= 4 is 34.2 Å². The van der Waals surface area contributed by atoms with Gasteiger partial charge in [-0.2, -0.15) is 13.2 Å². The van der Waals surface area contributed by atoms with Crippen LogP contribution in [0.2, 0.25) is 5.02 Å². The smallest absolute Gasteiger partial charge is 0.416 e. The maximum absolute atomic E-state index is 12.8. The lowest BCUT2D eigenvalue weighted by Crippen LogP contribution is -2.21. The maximum atomic E-state index is 12.8. The molecule has 1 heterocycles. The molecule has 0 atom stereocenters. The zero-order valence-corrected chi connectivity index (χ0v) is 13.6. The molecule has 1 amide bonds. The van der Waals surface area contributed by atoms with Gasteiger partial charge in [-0.1, -0.05) is 23.7 Å². The molecule has 3 aromatic rings. The molecule has 5 nitrogen and oxygen atoms in total. The highest BCUT2D eigenvalue weighted by Crippen LogP contribution is 2.34. The van der Waals surface area contributed by atoms with Crippen molar-refractivity contribution in [3.63, 3.8) is 0 Å². The van der Waals surface area contributed by atoms with Gasteiger partial charge in [-0.25, -0.2) is 0 Å². The Hall–Kier alpha value is -3.00. The lowest BCUT2D eigenvalue weighted by Gasteiger charge is -2.12. The highest BCUT2D eigenvalue weighted by Gasteiger charge is 2.31. The number of para-hydroxylation sites is 1. The van der Waals surface area contributed by atoms with Gasteiger partial charge in [0.05, 0.1) is 16.3 Å². The third-order valence-corrected chi connectivity index (χ3v) is 3.89. The van der Waals surface area contributed by atoms with E-state index < -0.39 is 23.2 Å². The number of hydrogen-bond donors (Lipinski definition) is 3. The van der Waals surface area contributed by atoms with Crippen LogP contribution in [-0.4, -0.2) is 11.0 Å². The number of hydrogen-bond acceptors (Lipinski definition) is 4. The monoisotopic (exact) mass is 382 g/mol. The van der Waals surface area contributed by atoms with E-state index in [2.05, 4.69) is 5.32 Å². The summed E-state index contributed by atoms with van der Waals surface area (Å²) in [4.78, 5) is 12.4. The number of halogens is 4. The number of amides is 1. The van der Waals surface area contributed by atoms with E-state index in [9.17, 15) is 23.1 Å². The number of carbonyl (C=O) groups is 1. The number of fused-ring (bicyclic) bond motifs is 1. The fourth-order valence-corrected chi connectivity index (χ4v) is 2.47. The fourth-order valence-electron chi connectivity index (χ4n) is 2.30. The van der Waals surface area contributed by atoms with Crippen LogP contribution in [0, 0.1) is 5.41 Å². The number of benzene rings is 2. The van der Waals surface area contributed by atoms with Crippen molar-refractivity contribution in [1.82, 2.24) is 0 Å². The van der Waals surface area contributed by atoms with E-state index in [1.54, 1.807) is 6.07 Å². The second-order valence-corrected chi connectivity index (χ2v) is 5.74. The highest BCUT2D eigenvalue weighted by atomic mass is 35.5. The van der Waals surface area contributed by atoms with E-state index >= 15 is 0 Å². The van der Waals surface area contributed by atoms with Gasteiger partial charge in [0.2, 0.25) is 5.55 Å². The van der Waals surface area contributed by atoms with Gasteiger partial charge in [-0.3, -0.25) is 10.2 Å². The minimum Gasteiger partial charge on any atom is -0.504 e. The molecule has 0 saturated heterocycles. The van der Waals surface area contributed by atoms with E-state index in [4.69, 9.17) is 21.4 Å². The van der Waals surface area contributed by atoms with Gasteiger partial charge in [-0.05, 0) is 30.3 Å². The van der Waals surface area contributed by atoms with Crippen molar-refractivity contribution in [3.8, 4) is 5.75 Å². The van der Waals surface area contributed by atoms with Gasteiger partial charge in [0.15, 0.2) is 11.3 Å². The van der Waals surface area contributed by atoms with Crippen LogP contribution >= 0.6 is 11.6 Å². The van der Waals surface area contributed by atoms with Crippen molar-refractivity contribution in [1.29, 1.82) is 5.41 Å². The number of rotatable bonds is 2. The number of phenols is 1. The van der Waals surface area contributed by atoms with Crippen LogP contribution in [0.25, 0.3) is 11.0 Å². The number of nitrogens with one attached hydrogen (secondary N) is 2. The van der Waals surface area contributed by atoms with Gasteiger partial charge in [-0.15, -0.1) is 0 Å². The molecular formula is C17H10ClF3N2O3. The zero-order chi connectivity index (χ0) is 19.1. The summed E-state index contributed by atoms with van der Waals surface area (Å²) < 4.78 is 43.6. The Balaban J connectivity index is 2.00. The molecule has 0 aliphatic carbocycles. The first-order valence-corrected chi connectivity index (χ1v) is 7.53. The molecule has 0 radical (unpaired) electrons. The first-order valence-electron chi connectivity index (χ1n) is 7.15. The number of anilines is 1. The van der Waals surface area contributed by atoms with Gasteiger partial charge in [0, 0.05) is 5.39 Å². The molecule has 2 aromatic carbocycles. The van der Waals surface area contributed by atoms with Crippen molar-refractivity contribution < 1.29 is 27.5 Å². The van der Waals surface area contributed by atoms with Gasteiger partial charge in [0.25, 0.3) is 5.91 Å². The summed E-state index contributed by atoms with van der Waals surface area (Å²) in [6, 6.07) is 8.22. The third-order valence-electron chi connectivity index (χ3n) is 3.56. The van der Waals surface area contributed by atoms with Crippen LogP contribution in [-0.2, 0) is 6.18 Å². The normalized spacial score (nSPS) is 11.5. The summed E-state index contributed by atoms with van der Waals surface area (Å²) in [7, 11) is 0. The molecule has 0 bridgehead atoms. The molecule has 3 rings (SSSR count). The molecule has 0 aliphatic heterocycles. The summed E-state index contributed by atoms with van der Waals surface area (Å²) in [5.74, 6) is -1.07. The predicted octanol–water partition coefficient (Wildman–Crippen LogP) is 4.54. The molecule has 26 heavy (non-hydrogen) atoms. The number of phenolic OH excluding ortho intramolecular Hbond substituents is 1. The molecule has 0 spiro atoms. The predicted molar refractivity (Wildman–Crippen MR) is 88.1 cm³/mol. The minimum atomic E-state index is -4.60. The lowest BCUT2D eigenvalue weighted by atomic mass is 10.1. The van der Waals surface area contributed by atoms with Crippen molar-refractivity contribution in [2.45, 2.75) is 6.18 Å². The number of alkyl halides is 3. The van der Waals surface area contributed by atoms with Crippen LogP contribution in [0.4, 0.5) is 18.9 Å². The van der Waals surface area contributed by atoms with Gasteiger partial charge in [0.1, 0.15) is 5.56 Å². The first kappa shape index (κ1) is 17.8. The Bertz CT molecular complexity index is 1080. The van der Waals surface area contributed by atoms with Gasteiger partial charge < -0.3 is 14.8 Å². The van der Waals surface area contributed by atoms with E-state index in [0.717, 1.165) is 12.1 Å². The molecule has 0 unspecified atom stereocenters. The fraction of sp³-hybridized carbons (Fsp3) is 0.0588. The second-order valence-electron chi connectivity index (χ2n) is 5.33. The van der Waals surface area contributed by atoms with Crippen molar-refractivity contribution in [3.05, 3.63) is 64.2 Å². The summed E-state index contributed by atoms with van der Waals surface area (Å²) in [6.45, 7) is 0. The average Bonchev–Trinajstić information content (AvgIpc) is 2.56. The van der Waals surface area contributed by atoms with Crippen LogP contribution in [0.15, 0.2) is 46.9 Å². The molecule has 0 aliphatic rings. The van der Waals surface area contributed by atoms with Crippen molar-refractivity contribution in [2.75, 3.05) is 5.32 Å². The van der Waals surface area contributed by atoms with Crippen LogP contribution in [0.1, 0.15) is 15.9 Å². The lowest BCUT2D eigenvalue weighted by molar-refractivity contribution is -0.137. The zero-order valence-electron chi connectivity index (χ0n) is 12.8. The molecule has 0 saturated carbocycles. The van der Waals surface area contributed by atoms with Crippen molar-refractivity contribution in [2.24, 2.45) is 0 Å². The van der Waals surface area contributed by atoms with E-state index in [-0.39, 0.29) is 27.6 Å². The molecule has 9 heteroatoms. The summed E-state index contributed by atoms with van der Waals surface area (Å²) in [5.41, 5.74) is -1.99. The van der Waals surface area contributed by atoms with Crippen LogP contribution < -0.4 is 10.9 Å². The number of aromatic hydroxyl groups is 1. The molecule has 134 valence electrons. The Morgan fingerprint density at radius 2 is 1.92 bits per heavy atom. The summed E-state index contributed by atoms with van der Waals surface area (Å²) in [6.07, 6.45) is -4.60. The highest BCUT2D eigenvalue weighted by molar-refractivity contribution is 6.34. The standard InChI is InChI=1S/C17H10ClF3N2O3/c18-11-5-4-9(17(19,20)21)7-12(11)23-16(25)10-6-8-2-1-3-13(24)14(8)26-15(10)22/h1-7,22,24H,(H,23,25). The SMILES string of the molecule is N=c1oc2c(O)cccc2cc1C(=O)Nc1cc(C(F)(F)F)ccc1Cl. The Labute approximate surface area is 149 Å². The molecule has 3 N–H and O–H groups in total. The summed E-state index contributed by atoms with van der Waals surface area (Å²) in [5, 5.41) is 20.0. The number of carbonyl (C=O) groups excluding carboxylic acids is 1. The molecular weight excluding hydrogens is 373 g/mol. The van der Waals surface area contributed by atoms with Gasteiger partial charge >= 0.3 is 6.18 Å².